The third-order valence-corrected chi connectivity index (χ3v) is 7.45. The molecular weight excluding hydrogens is 499 g/mol. The molecule has 2 N–H and O–H groups in total. The second-order valence-electron chi connectivity index (χ2n) is 8.80. The van der Waals surface area contributed by atoms with Gasteiger partial charge in [0.1, 0.15) is 15.5 Å². The molecule has 2 atom stereocenters. The standard InChI is InChI=1S/C23H30N4O7S.Na/c1-14-10-15(13-26(14)2)24-21(28)7-5-9-34-20-12-17-16(11-19(20)33-3)23(29)27-8-4-6-18(27)22(25-17)35(30,31)32;/h10-13,18,22,25H,4-9H2,1-3H3,(H,24,28)(H,30,31,32);/q;+1/p-1/t18-,22?;/m0./s1. The number of ether oxygens (including phenoxy) is 2. The zero-order chi connectivity index (χ0) is 25.3. The van der Waals surface area contributed by atoms with E-state index in [1.807, 2.05) is 30.8 Å². The van der Waals surface area contributed by atoms with Gasteiger partial charge in [0, 0.05) is 38.0 Å². The van der Waals surface area contributed by atoms with Crippen molar-refractivity contribution in [2.45, 2.75) is 44.0 Å². The maximum absolute atomic E-state index is 13.1. The van der Waals surface area contributed by atoms with E-state index >= 15 is 0 Å². The number of hydrogen-bond acceptors (Lipinski definition) is 8. The SMILES string of the molecule is COc1cc2c(cc1OCCCC(=O)Nc1cc(C)n(C)c1)NC(S(=O)(=O)[O-])[C@@H]1CCCN1C2=O.[Na+]. The first-order chi connectivity index (χ1) is 16.6. The van der Waals surface area contributed by atoms with Crippen molar-refractivity contribution in [1.82, 2.24) is 9.47 Å². The van der Waals surface area contributed by atoms with Crippen molar-refractivity contribution in [3.05, 3.63) is 35.7 Å². The Hall–Kier alpha value is -2.25. The third kappa shape index (κ3) is 6.00. The molecule has 0 saturated carbocycles. The van der Waals surface area contributed by atoms with Crippen LogP contribution in [0.15, 0.2) is 24.4 Å². The van der Waals surface area contributed by atoms with Gasteiger partial charge in [-0.15, -0.1) is 0 Å². The molecule has 2 amide bonds. The van der Waals surface area contributed by atoms with Gasteiger partial charge in [-0.1, -0.05) is 0 Å². The smallest absolute Gasteiger partial charge is 0.746 e. The topological polar surface area (TPSA) is 142 Å². The number of anilines is 2. The Morgan fingerprint density at radius 2 is 2.03 bits per heavy atom. The van der Waals surface area contributed by atoms with Crippen LogP contribution < -0.4 is 49.7 Å². The van der Waals surface area contributed by atoms with Crippen LogP contribution in [0.25, 0.3) is 0 Å². The van der Waals surface area contributed by atoms with E-state index in [0.717, 1.165) is 11.4 Å². The summed E-state index contributed by atoms with van der Waals surface area (Å²) in [6.45, 7) is 2.50. The largest absolute Gasteiger partial charge is 1.00 e. The fourth-order valence-electron chi connectivity index (χ4n) is 4.54. The first kappa shape index (κ1) is 28.3. The predicted octanol–water partition coefficient (Wildman–Crippen LogP) is -0.955. The minimum Gasteiger partial charge on any atom is -0.746 e. The van der Waals surface area contributed by atoms with Crippen LogP contribution in [-0.2, 0) is 22.0 Å². The van der Waals surface area contributed by atoms with E-state index in [9.17, 15) is 22.6 Å². The Labute approximate surface area is 232 Å². The molecule has 0 bridgehead atoms. The van der Waals surface area contributed by atoms with Gasteiger partial charge in [0.25, 0.3) is 5.91 Å². The number of benzene rings is 1. The molecule has 36 heavy (non-hydrogen) atoms. The van der Waals surface area contributed by atoms with Gasteiger partial charge in [-0.3, -0.25) is 9.59 Å². The van der Waals surface area contributed by atoms with Gasteiger partial charge < -0.3 is 34.1 Å². The van der Waals surface area contributed by atoms with Gasteiger partial charge in [-0.25, -0.2) is 8.42 Å². The van der Waals surface area contributed by atoms with E-state index < -0.39 is 21.5 Å². The van der Waals surface area contributed by atoms with Gasteiger partial charge in [0.05, 0.1) is 36.7 Å². The second kappa shape index (κ2) is 11.4. The van der Waals surface area contributed by atoms with Crippen LogP contribution in [0.4, 0.5) is 11.4 Å². The predicted molar refractivity (Wildman–Crippen MR) is 128 cm³/mol. The molecule has 2 aromatic rings. The molecule has 2 aliphatic heterocycles. The molecule has 11 nitrogen and oxygen atoms in total. The summed E-state index contributed by atoms with van der Waals surface area (Å²) in [5.41, 5.74) is 2.16. The van der Waals surface area contributed by atoms with E-state index in [2.05, 4.69) is 10.6 Å². The number of fused-ring (bicyclic) bond motifs is 2. The summed E-state index contributed by atoms with van der Waals surface area (Å²) < 4.78 is 49.1. The van der Waals surface area contributed by atoms with E-state index in [0.29, 0.717) is 31.6 Å². The number of carbonyl (C=O) groups excluding carboxylic acids is 2. The number of aryl methyl sites for hydroxylation is 2. The Morgan fingerprint density at radius 1 is 1.28 bits per heavy atom. The molecule has 1 fully saturated rings. The monoisotopic (exact) mass is 528 g/mol. The molecule has 1 aromatic carbocycles. The minimum atomic E-state index is -4.73. The first-order valence-corrected chi connectivity index (χ1v) is 12.9. The fourth-order valence-corrected chi connectivity index (χ4v) is 5.48. The number of nitrogens with zero attached hydrogens (tertiary/aromatic N) is 2. The molecule has 0 radical (unpaired) electrons. The Bertz CT molecular complexity index is 1230. The molecule has 4 rings (SSSR count). The maximum atomic E-state index is 13.1. The molecule has 13 heteroatoms. The molecule has 1 saturated heterocycles. The molecule has 1 unspecified atom stereocenters. The van der Waals surface area contributed by atoms with Crippen LogP contribution in [0.5, 0.6) is 11.5 Å². The van der Waals surface area contributed by atoms with Crippen LogP contribution in [0.1, 0.15) is 41.7 Å². The molecule has 3 heterocycles. The summed E-state index contributed by atoms with van der Waals surface area (Å²) in [5.74, 6) is 0.0558. The Balaban J connectivity index is 0.00000361. The molecule has 2 aliphatic rings. The van der Waals surface area contributed by atoms with Crippen LogP contribution in [0.3, 0.4) is 0 Å². The summed E-state index contributed by atoms with van der Waals surface area (Å²) in [6.07, 6.45) is 3.51. The zero-order valence-corrected chi connectivity index (χ0v) is 23.7. The number of amides is 2. The summed E-state index contributed by atoms with van der Waals surface area (Å²) in [5, 5.41) is 4.15. The van der Waals surface area contributed by atoms with Gasteiger partial charge in [-0.2, -0.15) is 0 Å². The third-order valence-electron chi connectivity index (χ3n) is 6.40. The van der Waals surface area contributed by atoms with Crippen molar-refractivity contribution in [3.8, 4) is 11.5 Å². The average Bonchev–Trinajstić information content (AvgIpc) is 3.36. The van der Waals surface area contributed by atoms with E-state index in [4.69, 9.17) is 9.47 Å². The summed E-state index contributed by atoms with van der Waals surface area (Å²) in [4.78, 5) is 26.8. The van der Waals surface area contributed by atoms with E-state index in [1.54, 1.807) is 0 Å². The van der Waals surface area contributed by atoms with E-state index in [-0.39, 0.29) is 71.4 Å². The Morgan fingerprint density at radius 3 is 2.67 bits per heavy atom. The molecule has 190 valence electrons. The Kier molecular flexibility index (Phi) is 8.99. The van der Waals surface area contributed by atoms with Crippen molar-refractivity contribution in [2.24, 2.45) is 7.05 Å². The molecule has 1 aromatic heterocycles. The summed E-state index contributed by atoms with van der Waals surface area (Å²) >= 11 is 0. The maximum Gasteiger partial charge on any atom is 1.00 e. The van der Waals surface area contributed by atoms with Crippen molar-refractivity contribution >= 4 is 33.3 Å². The number of aromatic nitrogens is 1. The zero-order valence-electron chi connectivity index (χ0n) is 20.9. The van der Waals surface area contributed by atoms with Gasteiger partial charge >= 0.3 is 29.6 Å². The quantitative estimate of drug-likeness (QED) is 0.254. The number of methoxy groups -OCH3 is 1. The first-order valence-electron chi connectivity index (χ1n) is 11.4. The van der Waals surface area contributed by atoms with Crippen LogP contribution in [0, 0.1) is 6.92 Å². The molecular formula is C23H29N4NaO7S. The number of carbonyl (C=O) groups is 2. The van der Waals surface area contributed by atoms with E-state index in [1.165, 1.54) is 24.1 Å². The van der Waals surface area contributed by atoms with Crippen molar-refractivity contribution in [3.63, 3.8) is 0 Å². The van der Waals surface area contributed by atoms with Crippen molar-refractivity contribution in [2.75, 3.05) is 30.9 Å². The van der Waals surface area contributed by atoms with Crippen molar-refractivity contribution < 1.29 is 61.6 Å². The van der Waals surface area contributed by atoms with Crippen LogP contribution in [0.2, 0.25) is 0 Å². The summed E-state index contributed by atoms with van der Waals surface area (Å²) in [7, 11) is -1.40. The second-order valence-corrected chi connectivity index (χ2v) is 10.3. The molecule has 0 spiro atoms. The van der Waals surface area contributed by atoms with Crippen LogP contribution in [-0.4, -0.2) is 65.9 Å². The fraction of sp³-hybridized carbons (Fsp3) is 0.478. The normalized spacial score (nSPS) is 18.9. The number of rotatable bonds is 8. The minimum absolute atomic E-state index is 0. The van der Waals surface area contributed by atoms with Gasteiger partial charge in [0.15, 0.2) is 11.5 Å². The number of hydrogen-bond donors (Lipinski definition) is 2. The van der Waals surface area contributed by atoms with Gasteiger partial charge in [-0.05, 0) is 38.3 Å². The molecule has 0 aliphatic carbocycles. The summed E-state index contributed by atoms with van der Waals surface area (Å²) in [6, 6.07) is 4.10. The van der Waals surface area contributed by atoms with Crippen LogP contribution >= 0.6 is 0 Å². The average molecular weight is 529 g/mol. The van der Waals surface area contributed by atoms with Gasteiger partial charge in [0.2, 0.25) is 5.91 Å². The van der Waals surface area contributed by atoms with Crippen molar-refractivity contribution in [1.29, 1.82) is 0 Å². The number of nitrogens with one attached hydrogen (secondary N) is 2.